The van der Waals surface area contributed by atoms with E-state index in [0.717, 1.165) is 27.9 Å². The number of carbonyl (C=O) groups excluding carboxylic acids is 1. The molecule has 0 radical (unpaired) electrons. The van der Waals surface area contributed by atoms with Gasteiger partial charge in [0.1, 0.15) is 10.8 Å². The van der Waals surface area contributed by atoms with Crippen molar-refractivity contribution < 1.29 is 14.5 Å². The zero-order chi connectivity index (χ0) is 23.8. The lowest BCUT2D eigenvalue weighted by Crippen LogP contribution is -2.43. The summed E-state index contributed by atoms with van der Waals surface area (Å²) in [6.07, 6.45) is 0.622. The number of urea groups is 1. The molecule has 9 heteroatoms. The third-order valence-electron chi connectivity index (χ3n) is 6.10. The number of ether oxygens (including phenoxy) is 1. The lowest BCUT2D eigenvalue weighted by Gasteiger charge is -2.36. The number of H-pyrrole nitrogens is 1. The fourth-order valence-electron chi connectivity index (χ4n) is 4.52. The first kappa shape index (κ1) is 21.8. The normalized spacial score (nSPS) is 15.1. The van der Waals surface area contributed by atoms with Crippen LogP contribution in [0.5, 0.6) is 5.75 Å². The topological polar surface area (TPSA) is 100 Å². The molecule has 2 amide bonds. The van der Waals surface area contributed by atoms with Gasteiger partial charge in [0, 0.05) is 34.9 Å². The van der Waals surface area contributed by atoms with E-state index in [1.165, 1.54) is 12.1 Å². The Labute approximate surface area is 200 Å². The van der Waals surface area contributed by atoms with Gasteiger partial charge in [0.25, 0.3) is 5.69 Å². The molecule has 2 heterocycles. The molecule has 4 aromatic rings. The number of carbonyl (C=O) groups is 1. The predicted octanol–water partition coefficient (Wildman–Crippen LogP) is 5.92. The largest absolute Gasteiger partial charge is 0.497 e. The van der Waals surface area contributed by atoms with Crippen molar-refractivity contribution in [3.63, 3.8) is 0 Å². The minimum absolute atomic E-state index is 0.0476. The second-order valence-corrected chi connectivity index (χ2v) is 8.45. The van der Waals surface area contributed by atoms with Gasteiger partial charge in [0.05, 0.1) is 18.1 Å². The van der Waals surface area contributed by atoms with Crippen LogP contribution in [-0.2, 0) is 6.42 Å². The molecule has 0 aliphatic carbocycles. The molecule has 0 saturated heterocycles. The van der Waals surface area contributed by atoms with E-state index in [4.69, 9.17) is 16.3 Å². The molecule has 3 aromatic carbocycles. The first-order valence-corrected chi connectivity index (χ1v) is 11.1. The molecule has 2 N–H and O–H groups in total. The fraction of sp³-hybridized carbons (Fsp3) is 0.160. The van der Waals surface area contributed by atoms with Gasteiger partial charge in [0.15, 0.2) is 0 Å². The van der Waals surface area contributed by atoms with Crippen molar-refractivity contribution in [3.05, 3.63) is 98.7 Å². The first-order valence-electron chi connectivity index (χ1n) is 10.7. The monoisotopic (exact) mass is 476 g/mol. The number of nitro groups is 1. The summed E-state index contributed by atoms with van der Waals surface area (Å²) in [5.41, 5.74) is 3.84. The van der Waals surface area contributed by atoms with E-state index in [1.54, 1.807) is 18.1 Å². The third kappa shape index (κ3) is 3.82. The van der Waals surface area contributed by atoms with E-state index in [2.05, 4.69) is 10.3 Å². The SMILES string of the molecule is COc1ccc2[nH]c3c(c2c1)CCN(C(=O)Nc1ccccc1)[C@@H]3c1ccc(Cl)c([N+](=O)[O-])c1. The van der Waals surface area contributed by atoms with Crippen LogP contribution in [0.15, 0.2) is 66.7 Å². The predicted molar refractivity (Wildman–Crippen MR) is 131 cm³/mol. The van der Waals surface area contributed by atoms with E-state index in [-0.39, 0.29) is 16.7 Å². The number of hydrogen-bond acceptors (Lipinski definition) is 4. The molecule has 172 valence electrons. The Bertz CT molecular complexity index is 1400. The van der Waals surface area contributed by atoms with E-state index >= 15 is 0 Å². The van der Waals surface area contributed by atoms with Crippen LogP contribution in [0.2, 0.25) is 5.02 Å². The van der Waals surface area contributed by atoms with Crippen LogP contribution in [0.1, 0.15) is 22.9 Å². The molecule has 1 atom stereocenters. The molecule has 0 bridgehead atoms. The van der Waals surface area contributed by atoms with Crippen molar-refractivity contribution in [2.24, 2.45) is 0 Å². The van der Waals surface area contributed by atoms with Gasteiger partial charge in [-0.3, -0.25) is 10.1 Å². The Morgan fingerprint density at radius 3 is 2.71 bits per heavy atom. The number of nitrogens with zero attached hydrogens (tertiary/aromatic N) is 2. The van der Waals surface area contributed by atoms with E-state index in [1.807, 2.05) is 48.5 Å². The number of fused-ring (bicyclic) bond motifs is 3. The van der Waals surface area contributed by atoms with Crippen LogP contribution in [0.4, 0.5) is 16.2 Å². The molecule has 8 nitrogen and oxygen atoms in total. The summed E-state index contributed by atoms with van der Waals surface area (Å²) < 4.78 is 5.40. The van der Waals surface area contributed by atoms with E-state index in [9.17, 15) is 14.9 Å². The zero-order valence-corrected chi connectivity index (χ0v) is 19.0. The second kappa shape index (κ2) is 8.72. The Hall–Kier alpha value is -4.04. The summed E-state index contributed by atoms with van der Waals surface area (Å²) in [5.74, 6) is 0.734. The molecule has 1 aliphatic rings. The highest BCUT2D eigenvalue weighted by Crippen LogP contribution is 2.41. The highest BCUT2D eigenvalue weighted by Gasteiger charge is 2.35. The van der Waals surface area contributed by atoms with Gasteiger partial charge in [-0.2, -0.15) is 0 Å². The minimum Gasteiger partial charge on any atom is -0.497 e. The average Bonchev–Trinajstić information content (AvgIpc) is 3.22. The van der Waals surface area contributed by atoms with Crippen LogP contribution >= 0.6 is 11.6 Å². The van der Waals surface area contributed by atoms with Crippen LogP contribution in [0.25, 0.3) is 10.9 Å². The van der Waals surface area contributed by atoms with Crippen molar-refractivity contribution in [1.82, 2.24) is 9.88 Å². The summed E-state index contributed by atoms with van der Waals surface area (Å²) in [6, 6.07) is 18.7. The summed E-state index contributed by atoms with van der Waals surface area (Å²) in [7, 11) is 1.62. The van der Waals surface area contributed by atoms with Gasteiger partial charge >= 0.3 is 6.03 Å². The number of benzene rings is 3. The van der Waals surface area contributed by atoms with Crippen LogP contribution < -0.4 is 10.1 Å². The van der Waals surface area contributed by atoms with E-state index < -0.39 is 11.0 Å². The smallest absolute Gasteiger partial charge is 0.322 e. The highest BCUT2D eigenvalue weighted by molar-refractivity contribution is 6.32. The van der Waals surface area contributed by atoms with E-state index in [0.29, 0.717) is 24.2 Å². The number of anilines is 1. The number of para-hydroxylation sites is 1. The molecule has 1 aliphatic heterocycles. The maximum atomic E-state index is 13.4. The molecule has 0 fully saturated rings. The van der Waals surface area contributed by atoms with Crippen LogP contribution in [0.3, 0.4) is 0 Å². The third-order valence-corrected chi connectivity index (χ3v) is 6.42. The Balaban J connectivity index is 1.64. The molecule has 0 saturated carbocycles. The number of aromatic amines is 1. The van der Waals surface area contributed by atoms with Gasteiger partial charge in [-0.1, -0.05) is 35.9 Å². The number of hydrogen-bond donors (Lipinski definition) is 2. The second-order valence-electron chi connectivity index (χ2n) is 8.04. The van der Waals surface area contributed by atoms with Crippen molar-refractivity contribution in [3.8, 4) is 5.75 Å². The number of halogens is 1. The maximum Gasteiger partial charge on any atom is 0.322 e. The Kier molecular flexibility index (Phi) is 5.59. The van der Waals surface area contributed by atoms with Crippen molar-refractivity contribution in [1.29, 1.82) is 0 Å². The molecule has 1 aromatic heterocycles. The maximum absolute atomic E-state index is 13.4. The summed E-state index contributed by atoms with van der Waals surface area (Å²) in [5, 5.41) is 15.6. The lowest BCUT2D eigenvalue weighted by molar-refractivity contribution is -0.384. The Morgan fingerprint density at radius 1 is 1.18 bits per heavy atom. The number of aromatic nitrogens is 1. The number of nitro benzene ring substituents is 1. The van der Waals surface area contributed by atoms with Crippen molar-refractivity contribution >= 4 is 39.9 Å². The number of rotatable bonds is 4. The summed E-state index contributed by atoms with van der Waals surface area (Å²) in [4.78, 5) is 29.6. The fourth-order valence-corrected chi connectivity index (χ4v) is 4.70. The average molecular weight is 477 g/mol. The quantitative estimate of drug-likeness (QED) is 0.282. The molecular formula is C25H21ClN4O4. The first-order chi connectivity index (χ1) is 16.5. The van der Waals surface area contributed by atoms with Gasteiger partial charge in [-0.15, -0.1) is 0 Å². The zero-order valence-electron chi connectivity index (χ0n) is 18.2. The molecule has 0 spiro atoms. The van der Waals surface area contributed by atoms with Crippen LogP contribution in [-0.4, -0.2) is 34.5 Å². The minimum atomic E-state index is -0.568. The number of nitrogens with one attached hydrogen (secondary N) is 2. The van der Waals surface area contributed by atoms with Gasteiger partial charge in [0.2, 0.25) is 0 Å². The number of amides is 2. The van der Waals surface area contributed by atoms with Gasteiger partial charge in [-0.25, -0.2) is 4.79 Å². The molecular weight excluding hydrogens is 456 g/mol. The molecule has 5 rings (SSSR count). The van der Waals surface area contributed by atoms with Gasteiger partial charge in [-0.05, 0) is 53.9 Å². The molecule has 34 heavy (non-hydrogen) atoms. The number of methoxy groups -OCH3 is 1. The summed E-state index contributed by atoms with van der Waals surface area (Å²) >= 11 is 6.08. The van der Waals surface area contributed by atoms with Crippen LogP contribution in [0, 0.1) is 10.1 Å². The summed E-state index contributed by atoms with van der Waals surface area (Å²) in [6.45, 7) is 0.428. The van der Waals surface area contributed by atoms with Gasteiger partial charge < -0.3 is 19.9 Å². The lowest BCUT2D eigenvalue weighted by atomic mass is 9.92. The highest BCUT2D eigenvalue weighted by atomic mass is 35.5. The van der Waals surface area contributed by atoms with Crippen molar-refractivity contribution in [2.75, 3.05) is 19.0 Å². The Morgan fingerprint density at radius 2 is 1.97 bits per heavy atom. The van der Waals surface area contributed by atoms with Crippen molar-refractivity contribution in [2.45, 2.75) is 12.5 Å². The standard InChI is InChI=1S/C25H21ClN4O4/c1-34-17-8-10-21-19(14-17)18-11-12-29(25(31)27-16-5-3-2-4-6-16)24(23(18)28-21)15-7-9-20(26)22(13-15)30(32)33/h2-10,13-14,24,28H,11-12H2,1H3,(H,27,31)/t24-/m1/s1. The molecule has 0 unspecified atom stereocenters.